The third kappa shape index (κ3) is 7.62. The number of carboxylic acid groups (broad SMARTS) is 1. The van der Waals surface area contributed by atoms with Crippen molar-refractivity contribution in [2.75, 3.05) is 0 Å². The van der Waals surface area contributed by atoms with Gasteiger partial charge in [0.25, 0.3) is 0 Å². The fourth-order valence-corrected chi connectivity index (χ4v) is 2.84. The Kier molecular flexibility index (Phi) is 6.63. The molecule has 0 amide bonds. The fraction of sp³-hybridized carbons (Fsp3) is 0.867. The second-order valence-electron chi connectivity index (χ2n) is 8.06. The first-order valence-corrected chi connectivity index (χ1v) is 10.9. The summed E-state index contributed by atoms with van der Waals surface area (Å²) in [6.07, 6.45) is 0.354. The van der Waals surface area contributed by atoms with E-state index in [0.717, 1.165) is 0 Å². The maximum absolute atomic E-state index is 12.0. The molecule has 6 heteroatoms. The van der Waals surface area contributed by atoms with Crippen LogP contribution in [0.15, 0.2) is 0 Å². The lowest BCUT2D eigenvalue weighted by atomic mass is 9.79. The lowest BCUT2D eigenvalue weighted by Gasteiger charge is -2.38. The summed E-state index contributed by atoms with van der Waals surface area (Å²) in [5, 5.41) is 9.22. The van der Waals surface area contributed by atoms with Gasteiger partial charge in [-0.25, -0.2) is 0 Å². The third-order valence-electron chi connectivity index (χ3n) is 3.72. The molecule has 1 atom stereocenters. The first-order valence-electron chi connectivity index (χ1n) is 7.38. The summed E-state index contributed by atoms with van der Waals surface area (Å²) in [5.74, 6) is -1.26. The maximum atomic E-state index is 12.0. The van der Waals surface area contributed by atoms with Crippen LogP contribution in [-0.2, 0) is 14.3 Å². The number of aliphatic carboxylic acids is 1. The number of carboxylic acids is 1. The van der Waals surface area contributed by atoms with E-state index < -0.39 is 25.8 Å². The molecular weight excluding hydrogens is 286 g/mol. The van der Waals surface area contributed by atoms with Gasteiger partial charge in [-0.1, -0.05) is 40.4 Å². The Labute approximate surface area is 129 Å². The predicted molar refractivity (Wildman–Crippen MR) is 86.8 cm³/mol. The molecule has 0 fully saturated rings. The van der Waals surface area contributed by atoms with Gasteiger partial charge in [-0.15, -0.1) is 0 Å². The van der Waals surface area contributed by atoms with Crippen LogP contribution in [0.25, 0.3) is 0 Å². The van der Waals surface area contributed by atoms with E-state index in [0.29, 0.717) is 0 Å². The molecule has 0 saturated carbocycles. The number of hydrogen-bond acceptors (Lipinski definition) is 4. The molecule has 0 aliphatic heterocycles. The van der Waals surface area contributed by atoms with Crippen molar-refractivity contribution in [2.45, 2.75) is 78.7 Å². The summed E-state index contributed by atoms with van der Waals surface area (Å²) < 4.78 is 5.51. The Morgan fingerprint density at radius 1 is 1.14 bits per heavy atom. The van der Waals surface area contributed by atoms with E-state index in [1.165, 1.54) is 0 Å². The Hall–Kier alpha value is -0.883. The molecule has 0 aliphatic carbocycles. The quantitative estimate of drug-likeness (QED) is 0.557. The highest BCUT2D eigenvalue weighted by Crippen LogP contribution is 2.33. The van der Waals surface area contributed by atoms with Crippen molar-refractivity contribution in [1.29, 1.82) is 0 Å². The van der Waals surface area contributed by atoms with Crippen LogP contribution in [0.1, 0.15) is 47.5 Å². The van der Waals surface area contributed by atoms with E-state index in [9.17, 15) is 14.7 Å². The van der Waals surface area contributed by atoms with Gasteiger partial charge in [0.2, 0.25) is 0 Å². The van der Waals surface area contributed by atoms with E-state index in [4.69, 9.17) is 4.74 Å². The molecule has 0 aromatic carbocycles. The predicted octanol–water partition coefficient (Wildman–Crippen LogP) is 3.01. The van der Waals surface area contributed by atoms with Crippen molar-refractivity contribution in [1.82, 2.24) is 4.98 Å². The smallest absolute Gasteiger partial charge is 0.320 e. The Balaban J connectivity index is 4.56. The topological polar surface area (TPSA) is 75.6 Å². The summed E-state index contributed by atoms with van der Waals surface area (Å²) in [6.45, 7) is 15.9. The molecule has 0 aromatic rings. The molecule has 124 valence electrons. The minimum Gasteiger partial charge on any atom is -0.480 e. The normalized spacial score (nSPS) is 14.7. The highest BCUT2D eigenvalue weighted by Gasteiger charge is 2.36. The average Bonchev–Trinajstić information content (AvgIpc) is 2.19. The molecule has 0 heterocycles. The molecule has 0 bridgehead atoms. The van der Waals surface area contributed by atoms with E-state index in [1.807, 2.05) is 54.3 Å². The van der Waals surface area contributed by atoms with E-state index in [1.54, 1.807) is 0 Å². The second kappa shape index (κ2) is 6.92. The van der Waals surface area contributed by atoms with Crippen molar-refractivity contribution in [3.8, 4) is 0 Å². The summed E-state index contributed by atoms with van der Waals surface area (Å²) >= 11 is 0. The fourth-order valence-electron chi connectivity index (χ4n) is 1.53. The van der Waals surface area contributed by atoms with Gasteiger partial charge >= 0.3 is 11.9 Å². The molecule has 0 rings (SSSR count). The van der Waals surface area contributed by atoms with Crippen molar-refractivity contribution in [3.05, 3.63) is 0 Å². The van der Waals surface area contributed by atoms with Crippen LogP contribution in [0.5, 0.6) is 0 Å². The monoisotopic (exact) mass is 317 g/mol. The number of rotatable bonds is 7. The average molecular weight is 318 g/mol. The summed E-state index contributed by atoms with van der Waals surface area (Å²) in [7, 11) is -1.71. The van der Waals surface area contributed by atoms with Gasteiger partial charge in [0.05, 0.1) is 0 Å². The standard InChI is InChI=1S/C15H31NO4Si/c1-14(2,3)15(4,5)20-12(17)10-9-11(13(18)19)16-21(6,7)8/h11,16H,9-10H2,1-8H3,(H,18,19). The van der Waals surface area contributed by atoms with E-state index in [-0.39, 0.29) is 24.2 Å². The zero-order valence-electron chi connectivity index (χ0n) is 14.7. The highest BCUT2D eigenvalue weighted by molar-refractivity contribution is 6.73. The number of nitrogens with one attached hydrogen (secondary N) is 1. The van der Waals surface area contributed by atoms with Gasteiger partial charge < -0.3 is 14.8 Å². The SMILES string of the molecule is CC(C)(C)C(C)(C)OC(=O)CCC(N[Si](C)(C)C)C(=O)O. The van der Waals surface area contributed by atoms with Crippen LogP contribution >= 0.6 is 0 Å². The number of esters is 1. The van der Waals surface area contributed by atoms with Gasteiger partial charge in [-0.2, -0.15) is 0 Å². The van der Waals surface area contributed by atoms with Gasteiger partial charge in [0.1, 0.15) is 19.9 Å². The molecular formula is C15H31NO4Si. The van der Waals surface area contributed by atoms with Gasteiger partial charge in [0.15, 0.2) is 0 Å². The van der Waals surface area contributed by atoms with Gasteiger partial charge in [0, 0.05) is 11.8 Å². The summed E-state index contributed by atoms with van der Waals surface area (Å²) in [5.41, 5.74) is -0.763. The zero-order chi connectivity index (χ0) is 17.1. The number of ether oxygens (including phenoxy) is 1. The Morgan fingerprint density at radius 2 is 1.62 bits per heavy atom. The summed E-state index contributed by atoms with van der Waals surface area (Å²) in [6, 6.07) is -0.693. The number of hydrogen-bond donors (Lipinski definition) is 2. The minimum absolute atomic E-state index is 0.105. The van der Waals surface area contributed by atoms with Crippen molar-refractivity contribution < 1.29 is 19.4 Å². The van der Waals surface area contributed by atoms with Crippen LogP contribution in [0.3, 0.4) is 0 Å². The molecule has 0 aromatic heterocycles. The van der Waals surface area contributed by atoms with Crippen molar-refractivity contribution in [2.24, 2.45) is 5.41 Å². The lowest BCUT2D eigenvalue weighted by molar-refractivity contribution is -0.167. The van der Waals surface area contributed by atoms with Crippen LogP contribution in [0.4, 0.5) is 0 Å². The first kappa shape index (κ1) is 20.1. The van der Waals surface area contributed by atoms with E-state index >= 15 is 0 Å². The van der Waals surface area contributed by atoms with Crippen LogP contribution in [0.2, 0.25) is 19.6 Å². The maximum Gasteiger partial charge on any atom is 0.320 e. The number of carbonyl (C=O) groups is 2. The zero-order valence-corrected chi connectivity index (χ0v) is 15.7. The van der Waals surface area contributed by atoms with E-state index in [2.05, 4.69) is 4.98 Å². The largest absolute Gasteiger partial charge is 0.480 e. The molecule has 2 N–H and O–H groups in total. The Morgan fingerprint density at radius 3 is 1.95 bits per heavy atom. The number of carbonyl (C=O) groups excluding carboxylic acids is 1. The van der Waals surface area contributed by atoms with Gasteiger partial charge in [-0.05, 0) is 20.3 Å². The van der Waals surface area contributed by atoms with Crippen LogP contribution in [-0.4, -0.2) is 36.9 Å². The first-order chi connectivity index (χ1) is 9.16. The second-order valence-corrected chi connectivity index (χ2v) is 12.8. The van der Waals surface area contributed by atoms with Crippen LogP contribution in [0, 0.1) is 5.41 Å². The van der Waals surface area contributed by atoms with Crippen LogP contribution < -0.4 is 4.98 Å². The third-order valence-corrected chi connectivity index (χ3v) is 4.93. The molecule has 0 radical (unpaired) electrons. The molecule has 21 heavy (non-hydrogen) atoms. The molecule has 0 aliphatic rings. The van der Waals surface area contributed by atoms with Crippen molar-refractivity contribution >= 4 is 20.2 Å². The molecule has 0 saturated heterocycles. The van der Waals surface area contributed by atoms with Crippen molar-refractivity contribution in [3.63, 3.8) is 0 Å². The van der Waals surface area contributed by atoms with Gasteiger partial charge in [-0.3, -0.25) is 9.59 Å². The highest BCUT2D eigenvalue weighted by atomic mass is 28.3. The molecule has 5 nitrogen and oxygen atoms in total. The summed E-state index contributed by atoms with van der Waals surface area (Å²) in [4.78, 5) is 26.3. The lowest BCUT2D eigenvalue weighted by Crippen LogP contribution is -2.51. The minimum atomic E-state index is -1.71. The molecule has 0 spiro atoms. The molecule has 1 unspecified atom stereocenters. The Bertz CT molecular complexity index is 380.